The summed E-state index contributed by atoms with van der Waals surface area (Å²) in [6.45, 7) is 7.65. The van der Waals surface area contributed by atoms with Crippen molar-refractivity contribution in [1.82, 2.24) is 5.32 Å². The molecule has 2 aromatic rings. The summed E-state index contributed by atoms with van der Waals surface area (Å²) < 4.78 is 5.95. The van der Waals surface area contributed by atoms with Crippen LogP contribution in [-0.4, -0.2) is 6.54 Å². The number of nitrogens with one attached hydrogen (secondary N) is 1. The number of para-hydroxylation sites is 1. The Labute approximate surface area is 109 Å². The van der Waals surface area contributed by atoms with Crippen molar-refractivity contribution >= 4 is 11.0 Å². The van der Waals surface area contributed by atoms with Crippen molar-refractivity contribution in [3.63, 3.8) is 0 Å². The second-order valence-electron chi connectivity index (χ2n) is 5.27. The number of fused-ring (bicyclic) bond motifs is 1. The number of benzene rings is 1. The van der Waals surface area contributed by atoms with E-state index in [1.54, 1.807) is 0 Å². The van der Waals surface area contributed by atoms with E-state index in [-0.39, 0.29) is 0 Å². The average Bonchev–Trinajstić information content (AvgIpc) is 2.77. The molecule has 98 valence electrons. The van der Waals surface area contributed by atoms with Crippen LogP contribution < -0.4 is 5.32 Å². The van der Waals surface area contributed by atoms with E-state index in [1.165, 1.54) is 11.8 Å². The fourth-order valence-corrected chi connectivity index (χ4v) is 2.27. The molecule has 0 amide bonds. The first-order valence-corrected chi connectivity index (χ1v) is 6.92. The summed E-state index contributed by atoms with van der Waals surface area (Å²) in [7, 11) is 0. The number of hydrogen-bond donors (Lipinski definition) is 1. The van der Waals surface area contributed by atoms with Crippen molar-refractivity contribution in [2.24, 2.45) is 5.92 Å². The van der Waals surface area contributed by atoms with E-state index in [1.807, 2.05) is 12.1 Å². The van der Waals surface area contributed by atoms with Gasteiger partial charge < -0.3 is 9.73 Å². The lowest BCUT2D eigenvalue weighted by molar-refractivity contribution is 0.388. The number of furan rings is 1. The maximum absolute atomic E-state index is 5.95. The SMILES string of the molecule is CCNC(CCC(C)C)c1cc2ccccc2o1. The molecular weight excluding hydrogens is 222 g/mol. The molecule has 1 aromatic carbocycles. The van der Waals surface area contributed by atoms with Crippen LogP contribution in [0.5, 0.6) is 0 Å². The molecule has 1 heterocycles. The van der Waals surface area contributed by atoms with E-state index >= 15 is 0 Å². The van der Waals surface area contributed by atoms with Gasteiger partial charge in [0.25, 0.3) is 0 Å². The second kappa shape index (κ2) is 6.05. The Balaban J connectivity index is 2.18. The van der Waals surface area contributed by atoms with Crippen molar-refractivity contribution in [2.75, 3.05) is 6.54 Å². The van der Waals surface area contributed by atoms with Crippen molar-refractivity contribution in [3.05, 3.63) is 36.1 Å². The predicted octanol–water partition coefficient (Wildman–Crippen LogP) is 4.52. The Morgan fingerprint density at radius 2 is 1.94 bits per heavy atom. The molecule has 0 aliphatic carbocycles. The third-order valence-corrected chi connectivity index (χ3v) is 3.27. The molecule has 0 aliphatic rings. The zero-order chi connectivity index (χ0) is 13.0. The second-order valence-corrected chi connectivity index (χ2v) is 5.27. The third kappa shape index (κ3) is 3.14. The smallest absolute Gasteiger partial charge is 0.134 e. The monoisotopic (exact) mass is 245 g/mol. The minimum atomic E-state index is 0.338. The highest BCUT2D eigenvalue weighted by Crippen LogP contribution is 2.27. The van der Waals surface area contributed by atoms with Gasteiger partial charge in [0.15, 0.2) is 0 Å². The van der Waals surface area contributed by atoms with Crippen LogP contribution in [0.2, 0.25) is 0 Å². The summed E-state index contributed by atoms with van der Waals surface area (Å²) >= 11 is 0. The molecule has 0 saturated heterocycles. The first kappa shape index (κ1) is 13.2. The van der Waals surface area contributed by atoms with E-state index in [0.29, 0.717) is 6.04 Å². The van der Waals surface area contributed by atoms with Gasteiger partial charge in [-0.15, -0.1) is 0 Å². The van der Waals surface area contributed by atoms with E-state index in [0.717, 1.165) is 30.2 Å². The lowest BCUT2D eigenvalue weighted by Crippen LogP contribution is -2.20. The first-order valence-electron chi connectivity index (χ1n) is 6.92. The van der Waals surface area contributed by atoms with Crippen LogP contribution in [0, 0.1) is 5.92 Å². The molecule has 0 bridgehead atoms. The van der Waals surface area contributed by atoms with Crippen LogP contribution in [0.15, 0.2) is 34.7 Å². The van der Waals surface area contributed by atoms with Gasteiger partial charge in [0, 0.05) is 5.39 Å². The summed E-state index contributed by atoms with van der Waals surface area (Å²) in [6.07, 6.45) is 2.35. The van der Waals surface area contributed by atoms with Crippen LogP contribution >= 0.6 is 0 Å². The summed E-state index contributed by atoms with van der Waals surface area (Å²) in [5.74, 6) is 1.80. The maximum atomic E-state index is 5.95. The first-order chi connectivity index (χ1) is 8.70. The van der Waals surface area contributed by atoms with Gasteiger partial charge in [-0.2, -0.15) is 0 Å². The van der Waals surface area contributed by atoms with Gasteiger partial charge in [0.05, 0.1) is 6.04 Å². The van der Waals surface area contributed by atoms with E-state index in [9.17, 15) is 0 Å². The van der Waals surface area contributed by atoms with Gasteiger partial charge in [-0.1, -0.05) is 39.0 Å². The molecule has 2 heteroatoms. The Morgan fingerprint density at radius 3 is 2.61 bits per heavy atom. The van der Waals surface area contributed by atoms with Crippen LogP contribution in [-0.2, 0) is 0 Å². The molecule has 0 radical (unpaired) electrons. The lowest BCUT2D eigenvalue weighted by Gasteiger charge is -2.16. The zero-order valence-corrected chi connectivity index (χ0v) is 11.6. The topological polar surface area (TPSA) is 25.2 Å². The minimum absolute atomic E-state index is 0.338. The van der Waals surface area contributed by atoms with Crippen LogP contribution in [0.1, 0.15) is 45.4 Å². The highest BCUT2D eigenvalue weighted by atomic mass is 16.3. The fraction of sp³-hybridized carbons (Fsp3) is 0.500. The van der Waals surface area contributed by atoms with E-state index in [2.05, 4.69) is 44.3 Å². The molecule has 18 heavy (non-hydrogen) atoms. The lowest BCUT2D eigenvalue weighted by atomic mass is 10.0. The van der Waals surface area contributed by atoms with Crippen LogP contribution in [0.4, 0.5) is 0 Å². The molecule has 2 nitrogen and oxygen atoms in total. The number of rotatable bonds is 6. The maximum Gasteiger partial charge on any atom is 0.134 e. The van der Waals surface area contributed by atoms with Crippen LogP contribution in [0.25, 0.3) is 11.0 Å². The van der Waals surface area contributed by atoms with Gasteiger partial charge in [-0.05, 0) is 37.4 Å². The summed E-state index contributed by atoms with van der Waals surface area (Å²) in [6, 6.07) is 10.7. The van der Waals surface area contributed by atoms with Gasteiger partial charge in [-0.3, -0.25) is 0 Å². The predicted molar refractivity (Wildman–Crippen MR) is 76.7 cm³/mol. The average molecular weight is 245 g/mol. The van der Waals surface area contributed by atoms with Crippen molar-refractivity contribution in [2.45, 2.75) is 39.7 Å². The van der Waals surface area contributed by atoms with Gasteiger partial charge in [0.2, 0.25) is 0 Å². The molecule has 1 aromatic heterocycles. The molecule has 2 rings (SSSR count). The molecule has 1 unspecified atom stereocenters. The van der Waals surface area contributed by atoms with Gasteiger partial charge >= 0.3 is 0 Å². The van der Waals surface area contributed by atoms with Crippen molar-refractivity contribution in [1.29, 1.82) is 0 Å². The van der Waals surface area contributed by atoms with Gasteiger partial charge in [0.1, 0.15) is 11.3 Å². The third-order valence-electron chi connectivity index (χ3n) is 3.27. The Bertz CT molecular complexity index is 454. The molecule has 0 aliphatic heterocycles. The van der Waals surface area contributed by atoms with Crippen LogP contribution in [0.3, 0.4) is 0 Å². The molecule has 1 N–H and O–H groups in total. The highest BCUT2D eigenvalue weighted by Gasteiger charge is 2.15. The minimum Gasteiger partial charge on any atom is -0.459 e. The molecule has 0 fully saturated rings. The highest BCUT2D eigenvalue weighted by molar-refractivity contribution is 5.77. The van der Waals surface area contributed by atoms with E-state index in [4.69, 9.17) is 4.42 Å². The molecule has 0 spiro atoms. The fourth-order valence-electron chi connectivity index (χ4n) is 2.27. The summed E-state index contributed by atoms with van der Waals surface area (Å²) in [4.78, 5) is 0. The van der Waals surface area contributed by atoms with Crippen molar-refractivity contribution < 1.29 is 4.42 Å². The quantitative estimate of drug-likeness (QED) is 0.809. The van der Waals surface area contributed by atoms with Gasteiger partial charge in [-0.25, -0.2) is 0 Å². The Morgan fingerprint density at radius 1 is 1.17 bits per heavy atom. The standard InChI is InChI=1S/C16H23NO/c1-4-17-14(10-9-12(2)3)16-11-13-7-5-6-8-15(13)18-16/h5-8,11-12,14,17H,4,9-10H2,1-3H3. The summed E-state index contributed by atoms with van der Waals surface area (Å²) in [5, 5.41) is 4.72. The number of hydrogen-bond acceptors (Lipinski definition) is 2. The largest absolute Gasteiger partial charge is 0.459 e. The Kier molecular flexibility index (Phi) is 4.43. The molecule has 0 saturated carbocycles. The zero-order valence-electron chi connectivity index (χ0n) is 11.6. The summed E-state index contributed by atoms with van der Waals surface area (Å²) in [5.41, 5.74) is 0.986. The Hall–Kier alpha value is -1.28. The molecular formula is C16H23NO. The normalized spacial score (nSPS) is 13.3. The van der Waals surface area contributed by atoms with E-state index < -0.39 is 0 Å². The van der Waals surface area contributed by atoms with Crippen molar-refractivity contribution in [3.8, 4) is 0 Å². The molecule has 1 atom stereocenters.